The van der Waals surface area contributed by atoms with Gasteiger partial charge in [0.05, 0.1) is 23.2 Å². The van der Waals surface area contributed by atoms with Gasteiger partial charge in [-0.1, -0.05) is 43.3 Å². The molecule has 4 rings (SSSR count). The molecule has 0 saturated carbocycles. The Balaban J connectivity index is 1.91. The average molecular weight is 321 g/mol. The van der Waals surface area contributed by atoms with Crippen molar-refractivity contribution in [3.63, 3.8) is 0 Å². The zero-order valence-electron chi connectivity index (χ0n) is 13.7. The molecule has 1 amide bonds. The van der Waals surface area contributed by atoms with E-state index in [0.29, 0.717) is 11.5 Å². The summed E-state index contributed by atoms with van der Waals surface area (Å²) < 4.78 is 0. The lowest BCUT2D eigenvalue weighted by molar-refractivity contribution is 0.0623. The van der Waals surface area contributed by atoms with E-state index < -0.39 is 5.97 Å². The van der Waals surface area contributed by atoms with Crippen LogP contribution in [0.1, 0.15) is 75.7 Å². The van der Waals surface area contributed by atoms with Crippen LogP contribution in [0.2, 0.25) is 0 Å². The van der Waals surface area contributed by atoms with Gasteiger partial charge in [-0.2, -0.15) is 0 Å². The second kappa shape index (κ2) is 5.20. The van der Waals surface area contributed by atoms with Crippen molar-refractivity contribution < 1.29 is 14.7 Å². The van der Waals surface area contributed by atoms with Crippen molar-refractivity contribution in [3.8, 4) is 0 Å². The number of carboxylic acids is 1. The van der Waals surface area contributed by atoms with Crippen LogP contribution in [-0.4, -0.2) is 21.9 Å². The fourth-order valence-corrected chi connectivity index (χ4v) is 4.32. The van der Waals surface area contributed by atoms with Crippen LogP contribution in [0.3, 0.4) is 0 Å². The van der Waals surface area contributed by atoms with E-state index in [4.69, 9.17) is 0 Å². The summed E-state index contributed by atoms with van der Waals surface area (Å²) in [6.07, 6.45) is 0.809. The molecule has 0 fully saturated rings. The highest BCUT2D eigenvalue weighted by Crippen LogP contribution is 2.49. The van der Waals surface area contributed by atoms with E-state index >= 15 is 0 Å². The summed E-state index contributed by atoms with van der Waals surface area (Å²) in [7, 11) is 0. The van der Waals surface area contributed by atoms with Gasteiger partial charge in [0.25, 0.3) is 5.91 Å². The van der Waals surface area contributed by atoms with Crippen LogP contribution in [0.25, 0.3) is 0 Å². The first kappa shape index (κ1) is 14.9. The molecule has 122 valence electrons. The molecular weight excluding hydrogens is 302 g/mol. The van der Waals surface area contributed by atoms with E-state index in [1.54, 1.807) is 6.07 Å². The SMILES string of the molecule is C[C@@H]1C[C@@H]2c3cccc(C(=O)O)c3C(=O)N2[C@@H](C)c2ccccc21. The van der Waals surface area contributed by atoms with E-state index in [1.165, 1.54) is 11.6 Å². The van der Waals surface area contributed by atoms with Crippen LogP contribution in [0.5, 0.6) is 0 Å². The highest BCUT2D eigenvalue weighted by molar-refractivity contribution is 6.08. The molecule has 0 radical (unpaired) electrons. The van der Waals surface area contributed by atoms with Gasteiger partial charge in [0.1, 0.15) is 0 Å². The Kier molecular flexibility index (Phi) is 3.23. The predicted octanol–water partition coefficient (Wildman–Crippen LogP) is 4.15. The van der Waals surface area contributed by atoms with Crippen molar-refractivity contribution in [3.05, 3.63) is 70.3 Å². The molecule has 0 aromatic heterocycles. The number of carbonyl (C=O) groups is 2. The summed E-state index contributed by atoms with van der Waals surface area (Å²) in [5.74, 6) is -0.894. The fourth-order valence-electron chi connectivity index (χ4n) is 4.32. The van der Waals surface area contributed by atoms with Crippen LogP contribution in [0, 0.1) is 0 Å². The lowest BCUT2D eigenvalue weighted by Gasteiger charge is -2.29. The number of hydrogen-bond donors (Lipinski definition) is 1. The number of fused-ring (bicyclic) bond motifs is 4. The maximum Gasteiger partial charge on any atom is 0.336 e. The number of nitrogens with zero attached hydrogens (tertiary/aromatic N) is 1. The molecule has 0 bridgehead atoms. The maximum absolute atomic E-state index is 13.1. The Morgan fingerprint density at radius 2 is 1.71 bits per heavy atom. The third-order valence-electron chi connectivity index (χ3n) is 5.44. The lowest BCUT2D eigenvalue weighted by atomic mass is 9.88. The fraction of sp³-hybridized carbons (Fsp3) is 0.300. The van der Waals surface area contributed by atoms with Gasteiger partial charge >= 0.3 is 5.97 Å². The molecule has 1 N–H and O–H groups in total. The number of carboxylic acid groups (broad SMARTS) is 1. The average Bonchev–Trinajstić information content (AvgIpc) is 2.80. The number of rotatable bonds is 1. The molecule has 2 aromatic rings. The number of aromatic carboxylic acids is 1. The predicted molar refractivity (Wildman–Crippen MR) is 90.2 cm³/mol. The zero-order valence-corrected chi connectivity index (χ0v) is 13.7. The molecule has 0 aliphatic carbocycles. The van der Waals surface area contributed by atoms with Gasteiger partial charge in [-0.3, -0.25) is 4.79 Å². The topological polar surface area (TPSA) is 57.6 Å². The number of hydrogen-bond acceptors (Lipinski definition) is 2. The summed E-state index contributed by atoms with van der Waals surface area (Å²) in [6.45, 7) is 4.21. The zero-order chi connectivity index (χ0) is 17.0. The molecule has 0 unspecified atom stereocenters. The van der Waals surface area contributed by atoms with Crippen molar-refractivity contribution in [1.82, 2.24) is 4.90 Å². The summed E-state index contributed by atoms with van der Waals surface area (Å²) in [4.78, 5) is 26.5. The molecule has 2 aliphatic heterocycles. The third kappa shape index (κ3) is 1.92. The standard InChI is InChI=1S/C20H19NO3/c1-11-10-17-15-8-5-9-16(20(23)24)18(15)19(22)21(17)12(2)14-7-4-3-6-13(11)14/h3-9,11-12,17H,10H2,1-2H3,(H,23,24)/t11-,12+,17-/m1/s1. The summed E-state index contributed by atoms with van der Waals surface area (Å²) >= 11 is 0. The van der Waals surface area contributed by atoms with E-state index in [9.17, 15) is 14.7 Å². The van der Waals surface area contributed by atoms with Gasteiger partial charge in [0, 0.05) is 0 Å². The Morgan fingerprint density at radius 1 is 1.04 bits per heavy atom. The summed E-state index contributed by atoms with van der Waals surface area (Å²) in [5.41, 5.74) is 3.77. The van der Waals surface area contributed by atoms with Gasteiger partial charge in [0.15, 0.2) is 0 Å². The maximum atomic E-state index is 13.1. The molecule has 0 saturated heterocycles. The van der Waals surface area contributed by atoms with Crippen LogP contribution < -0.4 is 0 Å². The third-order valence-corrected chi connectivity index (χ3v) is 5.44. The Morgan fingerprint density at radius 3 is 2.42 bits per heavy atom. The molecule has 2 aliphatic rings. The molecular formula is C20H19NO3. The van der Waals surface area contributed by atoms with E-state index in [0.717, 1.165) is 17.5 Å². The molecule has 2 heterocycles. The second-order valence-corrected chi connectivity index (χ2v) is 6.74. The molecule has 4 nitrogen and oxygen atoms in total. The monoisotopic (exact) mass is 321 g/mol. The lowest BCUT2D eigenvalue weighted by Crippen LogP contribution is -2.30. The number of amides is 1. The van der Waals surface area contributed by atoms with Crippen LogP contribution >= 0.6 is 0 Å². The Bertz CT molecular complexity index is 858. The summed E-state index contributed by atoms with van der Waals surface area (Å²) in [5, 5.41) is 9.46. The Labute approximate surface area is 140 Å². The minimum absolute atomic E-state index is 0.0656. The van der Waals surface area contributed by atoms with Crippen molar-refractivity contribution in [2.24, 2.45) is 0 Å². The first-order valence-corrected chi connectivity index (χ1v) is 8.28. The first-order chi connectivity index (χ1) is 11.5. The van der Waals surface area contributed by atoms with E-state index in [2.05, 4.69) is 19.1 Å². The molecule has 2 aromatic carbocycles. The van der Waals surface area contributed by atoms with Crippen molar-refractivity contribution in [1.29, 1.82) is 0 Å². The first-order valence-electron chi connectivity index (χ1n) is 8.28. The van der Waals surface area contributed by atoms with Crippen LogP contribution in [0.4, 0.5) is 0 Å². The van der Waals surface area contributed by atoms with Gasteiger partial charge in [-0.15, -0.1) is 0 Å². The highest BCUT2D eigenvalue weighted by Gasteiger charge is 2.44. The summed E-state index contributed by atoms with van der Waals surface area (Å²) in [6, 6.07) is 13.3. The molecule has 24 heavy (non-hydrogen) atoms. The minimum Gasteiger partial charge on any atom is -0.478 e. The van der Waals surface area contributed by atoms with Gasteiger partial charge in [-0.05, 0) is 42.0 Å². The number of carbonyl (C=O) groups excluding carboxylic acids is 1. The van der Waals surface area contributed by atoms with Crippen LogP contribution in [-0.2, 0) is 0 Å². The van der Waals surface area contributed by atoms with Crippen molar-refractivity contribution >= 4 is 11.9 Å². The molecule has 3 atom stereocenters. The van der Waals surface area contributed by atoms with Crippen molar-refractivity contribution in [2.75, 3.05) is 0 Å². The van der Waals surface area contributed by atoms with Gasteiger partial charge in [0.2, 0.25) is 0 Å². The highest BCUT2D eigenvalue weighted by atomic mass is 16.4. The smallest absolute Gasteiger partial charge is 0.336 e. The number of benzene rings is 2. The minimum atomic E-state index is -1.04. The van der Waals surface area contributed by atoms with Crippen LogP contribution in [0.15, 0.2) is 42.5 Å². The van der Waals surface area contributed by atoms with Crippen molar-refractivity contribution in [2.45, 2.75) is 38.3 Å². The Hall–Kier alpha value is -2.62. The van der Waals surface area contributed by atoms with Gasteiger partial charge < -0.3 is 10.0 Å². The second-order valence-electron chi connectivity index (χ2n) is 6.74. The van der Waals surface area contributed by atoms with Gasteiger partial charge in [-0.25, -0.2) is 4.79 Å². The molecule has 4 heteroatoms. The quantitative estimate of drug-likeness (QED) is 0.858. The van der Waals surface area contributed by atoms with E-state index in [-0.39, 0.29) is 23.6 Å². The normalized spacial score (nSPS) is 24.8. The molecule has 0 spiro atoms. The van der Waals surface area contributed by atoms with E-state index in [1.807, 2.05) is 30.0 Å². The largest absolute Gasteiger partial charge is 0.478 e.